The zero-order valence-electron chi connectivity index (χ0n) is 13.7. The van der Waals surface area contributed by atoms with Gasteiger partial charge in [0.05, 0.1) is 23.5 Å². The monoisotopic (exact) mass is 342 g/mol. The third kappa shape index (κ3) is 5.13. The molecule has 0 atom stereocenters. The van der Waals surface area contributed by atoms with Crippen LogP contribution in [-0.2, 0) is 16.0 Å². The standard InChI is InChI=1S/C18H18N2O5/c1-2-11-25-18(22)13-7-9-15(10-8-13)19-17(21)12-14-5-3-4-6-16(14)20(23)24/h3-10H,2,11-12H2,1H3,(H,19,21). The van der Waals surface area contributed by atoms with Crippen molar-refractivity contribution >= 4 is 23.3 Å². The second-order valence-corrected chi connectivity index (χ2v) is 5.32. The lowest BCUT2D eigenvalue weighted by molar-refractivity contribution is -0.385. The average molecular weight is 342 g/mol. The number of hydrogen-bond acceptors (Lipinski definition) is 5. The number of carbonyl (C=O) groups excluding carboxylic acids is 2. The normalized spacial score (nSPS) is 10.1. The van der Waals surface area contributed by atoms with Gasteiger partial charge in [0, 0.05) is 17.3 Å². The minimum Gasteiger partial charge on any atom is -0.462 e. The first kappa shape index (κ1) is 18.1. The summed E-state index contributed by atoms with van der Waals surface area (Å²) in [6.45, 7) is 2.26. The highest BCUT2D eigenvalue weighted by Gasteiger charge is 2.15. The Bertz CT molecular complexity index is 771. The molecule has 0 saturated heterocycles. The number of benzene rings is 2. The average Bonchev–Trinajstić information content (AvgIpc) is 2.60. The summed E-state index contributed by atoms with van der Waals surface area (Å²) in [7, 11) is 0. The molecule has 0 aliphatic rings. The smallest absolute Gasteiger partial charge is 0.338 e. The summed E-state index contributed by atoms with van der Waals surface area (Å²) in [5.41, 5.74) is 1.14. The molecule has 130 valence electrons. The van der Waals surface area contributed by atoms with Gasteiger partial charge in [0.25, 0.3) is 5.69 Å². The topological polar surface area (TPSA) is 98.5 Å². The number of nitrogens with zero attached hydrogens (tertiary/aromatic N) is 1. The van der Waals surface area contributed by atoms with Crippen molar-refractivity contribution in [3.05, 3.63) is 69.8 Å². The lowest BCUT2D eigenvalue weighted by atomic mass is 10.1. The maximum Gasteiger partial charge on any atom is 0.338 e. The van der Waals surface area contributed by atoms with Crippen LogP contribution in [0, 0.1) is 10.1 Å². The van der Waals surface area contributed by atoms with E-state index in [1.54, 1.807) is 42.5 Å². The molecule has 2 aromatic rings. The summed E-state index contributed by atoms with van der Waals surface area (Å²) in [6.07, 6.45) is 0.628. The molecule has 0 spiro atoms. The number of nitro benzene ring substituents is 1. The van der Waals surface area contributed by atoms with Crippen LogP contribution in [0.5, 0.6) is 0 Å². The fraction of sp³-hybridized carbons (Fsp3) is 0.222. The van der Waals surface area contributed by atoms with E-state index in [0.29, 0.717) is 23.4 Å². The first-order valence-corrected chi connectivity index (χ1v) is 7.80. The molecule has 0 radical (unpaired) electrons. The summed E-state index contributed by atoms with van der Waals surface area (Å²) in [4.78, 5) is 34.3. The van der Waals surface area contributed by atoms with Crippen LogP contribution >= 0.6 is 0 Å². The van der Waals surface area contributed by atoms with Gasteiger partial charge in [-0.1, -0.05) is 25.1 Å². The summed E-state index contributed by atoms with van der Waals surface area (Å²) in [6, 6.07) is 12.4. The van der Waals surface area contributed by atoms with Gasteiger partial charge in [-0.3, -0.25) is 14.9 Å². The summed E-state index contributed by atoms with van der Waals surface area (Å²) in [5, 5.41) is 13.6. The highest BCUT2D eigenvalue weighted by molar-refractivity contribution is 5.94. The van der Waals surface area contributed by atoms with Crippen molar-refractivity contribution < 1.29 is 19.2 Å². The van der Waals surface area contributed by atoms with Gasteiger partial charge in [0.15, 0.2) is 0 Å². The maximum atomic E-state index is 12.1. The van der Waals surface area contributed by atoms with Crippen LogP contribution < -0.4 is 5.32 Å². The predicted molar refractivity (Wildman–Crippen MR) is 92.4 cm³/mol. The molecule has 0 fully saturated rings. The van der Waals surface area contributed by atoms with E-state index in [1.165, 1.54) is 6.07 Å². The Kier molecular flexibility index (Phi) is 6.22. The van der Waals surface area contributed by atoms with E-state index in [-0.39, 0.29) is 18.0 Å². The van der Waals surface area contributed by atoms with Crippen LogP contribution in [-0.4, -0.2) is 23.4 Å². The zero-order chi connectivity index (χ0) is 18.2. The van der Waals surface area contributed by atoms with Gasteiger partial charge < -0.3 is 10.1 Å². The highest BCUT2D eigenvalue weighted by atomic mass is 16.6. The lowest BCUT2D eigenvalue weighted by Gasteiger charge is -2.07. The number of nitrogens with one attached hydrogen (secondary N) is 1. The number of ether oxygens (including phenoxy) is 1. The number of anilines is 1. The minimum absolute atomic E-state index is 0.0910. The van der Waals surface area contributed by atoms with Crippen molar-refractivity contribution in [1.29, 1.82) is 0 Å². The molecule has 0 bridgehead atoms. The fourth-order valence-electron chi connectivity index (χ4n) is 2.18. The number of amides is 1. The molecule has 2 rings (SSSR count). The Morgan fingerprint density at radius 3 is 2.44 bits per heavy atom. The van der Waals surface area contributed by atoms with Crippen molar-refractivity contribution in [3.8, 4) is 0 Å². The number of esters is 1. The van der Waals surface area contributed by atoms with Crippen LogP contribution in [0.1, 0.15) is 29.3 Å². The van der Waals surface area contributed by atoms with Gasteiger partial charge in [0.1, 0.15) is 0 Å². The van der Waals surface area contributed by atoms with Crippen molar-refractivity contribution in [2.45, 2.75) is 19.8 Å². The Morgan fingerprint density at radius 2 is 1.80 bits per heavy atom. The number of rotatable bonds is 7. The Hall–Kier alpha value is -3.22. The second-order valence-electron chi connectivity index (χ2n) is 5.32. The van der Waals surface area contributed by atoms with E-state index in [2.05, 4.69) is 5.32 Å². The van der Waals surface area contributed by atoms with Gasteiger partial charge in [-0.2, -0.15) is 0 Å². The van der Waals surface area contributed by atoms with Crippen LogP contribution in [0.3, 0.4) is 0 Å². The van der Waals surface area contributed by atoms with E-state index in [4.69, 9.17) is 4.74 Å². The third-order valence-electron chi connectivity index (χ3n) is 3.38. The number of nitro groups is 1. The quantitative estimate of drug-likeness (QED) is 0.473. The maximum absolute atomic E-state index is 12.1. The first-order valence-electron chi connectivity index (χ1n) is 7.80. The van der Waals surface area contributed by atoms with Crippen LogP contribution in [0.15, 0.2) is 48.5 Å². The molecule has 7 nitrogen and oxygen atoms in total. The zero-order valence-corrected chi connectivity index (χ0v) is 13.7. The van der Waals surface area contributed by atoms with Crippen LogP contribution in [0.2, 0.25) is 0 Å². The fourth-order valence-corrected chi connectivity index (χ4v) is 2.18. The Morgan fingerprint density at radius 1 is 1.12 bits per heavy atom. The summed E-state index contributed by atoms with van der Waals surface area (Å²) < 4.78 is 5.02. The molecule has 0 aromatic heterocycles. The van der Waals surface area contributed by atoms with Crippen molar-refractivity contribution in [2.24, 2.45) is 0 Å². The number of carbonyl (C=O) groups is 2. The van der Waals surface area contributed by atoms with Gasteiger partial charge in [0.2, 0.25) is 5.91 Å². The molecular weight excluding hydrogens is 324 g/mol. The molecule has 0 unspecified atom stereocenters. The molecule has 0 saturated carbocycles. The minimum atomic E-state index is -0.515. The molecule has 1 amide bonds. The molecule has 0 aliphatic heterocycles. The van der Waals surface area contributed by atoms with E-state index in [0.717, 1.165) is 6.42 Å². The SMILES string of the molecule is CCCOC(=O)c1ccc(NC(=O)Cc2ccccc2[N+](=O)[O-])cc1. The molecular formula is C18H18N2O5. The van der Waals surface area contributed by atoms with Crippen LogP contribution in [0.4, 0.5) is 11.4 Å². The highest BCUT2D eigenvalue weighted by Crippen LogP contribution is 2.19. The molecule has 1 N–H and O–H groups in total. The molecule has 7 heteroatoms. The molecule has 0 aliphatic carbocycles. The van der Waals surface area contributed by atoms with E-state index in [9.17, 15) is 19.7 Å². The van der Waals surface area contributed by atoms with Crippen molar-refractivity contribution in [1.82, 2.24) is 0 Å². The van der Waals surface area contributed by atoms with Gasteiger partial charge in [-0.25, -0.2) is 4.79 Å². The molecule has 25 heavy (non-hydrogen) atoms. The number of para-hydroxylation sites is 1. The predicted octanol–water partition coefficient (Wildman–Crippen LogP) is 3.34. The van der Waals surface area contributed by atoms with Gasteiger partial charge in [-0.15, -0.1) is 0 Å². The van der Waals surface area contributed by atoms with Crippen molar-refractivity contribution in [2.75, 3.05) is 11.9 Å². The molecule has 0 heterocycles. The first-order chi connectivity index (χ1) is 12.0. The molecule has 2 aromatic carbocycles. The van der Waals surface area contributed by atoms with E-state index in [1.807, 2.05) is 6.92 Å². The Balaban J connectivity index is 1.99. The van der Waals surface area contributed by atoms with Crippen LogP contribution in [0.25, 0.3) is 0 Å². The second kappa shape index (κ2) is 8.58. The summed E-state index contributed by atoms with van der Waals surface area (Å²) >= 11 is 0. The number of hydrogen-bond donors (Lipinski definition) is 1. The lowest BCUT2D eigenvalue weighted by Crippen LogP contribution is -2.15. The van der Waals surface area contributed by atoms with E-state index < -0.39 is 10.9 Å². The van der Waals surface area contributed by atoms with Gasteiger partial charge in [-0.05, 0) is 30.7 Å². The largest absolute Gasteiger partial charge is 0.462 e. The summed E-state index contributed by atoms with van der Waals surface area (Å²) in [5.74, 6) is -0.796. The van der Waals surface area contributed by atoms with Gasteiger partial charge >= 0.3 is 5.97 Å². The Labute approximate surface area is 144 Å². The van der Waals surface area contributed by atoms with E-state index >= 15 is 0 Å². The third-order valence-corrected chi connectivity index (χ3v) is 3.38. The van der Waals surface area contributed by atoms with Crippen molar-refractivity contribution in [3.63, 3.8) is 0 Å².